The molecule has 0 radical (unpaired) electrons. The van der Waals surface area contributed by atoms with Gasteiger partial charge >= 0.3 is 0 Å². The van der Waals surface area contributed by atoms with Gasteiger partial charge in [0.15, 0.2) is 0 Å². The first-order chi connectivity index (χ1) is 11.7. The van der Waals surface area contributed by atoms with E-state index in [1.54, 1.807) is 7.11 Å². The van der Waals surface area contributed by atoms with E-state index in [9.17, 15) is 0 Å². The molecule has 0 aliphatic rings. The van der Waals surface area contributed by atoms with Crippen molar-refractivity contribution in [2.24, 2.45) is 5.11 Å². The van der Waals surface area contributed by atoms with Crippen LogP contribution in [0.15, 0.2) is 71.8 Å². The second kappa shape index (κ2) is 6.90. The summed E-state index contributed by atoms with van der Waals surface area (Å²) in [6, 6.07) is 21.8. The van der Waals surface area contributed by atoms with Crippen LogP contribution in [-0.4, -0.2) is 7.11 Å². The summed E-state index contributed by atoms with van der Waals surface area (Å²) in [6.07, 6.45) is 0. The van der Waals surface area contributed by atoms with Crippen LogP contribution in [-0.2, 0) is 0 Å². The van der Waals surface area contributed by atoms with Gasteiger partial charge in [-0.3, -0.25) is 0 Å². The molecule has 0 atom stereocenters. The highest BCUT2D eigenvalue weighted by Crippen LogP contribution is 2.40. The largest absolute Gasteiger partial charge is 0.497 e. The lowest BCUT2D eigenvalue weighted by Gasteiger charge is -2.14. The molecule has 118 valence electrons. The lowest BCUT2D eigenvalue weighted by molar-refractivity contribution is 0.415. The molecule has 3 rings (SSSR count). The number of benzene rings is 3. The van der Waals surface area contributed by atoms with Gasteiger partial charge in [0.2, 0.25) is 0 Å². The van der Waals surface area contributed by atoms with E-state index >= 15 is 0 Å². The summed E-state index contributed by atoms with van der Waals surface area (Å²) >= 11 is 0. The molecule has 0 aliphatic carbocycles. The molecule has 0 bridgehead atoms. The van der Waals surface area contributed by atoms with Crippen LogP contribution in [0.5, 0.6) is 5.75 Å². The van der Waals surface area contributed by atoms with Gasteiger partial charge in [0, 0.05) is 4.91 Å². The topological polar surface area (TPSA) is 58.0 Å². The highest BCUT2D eigenvalue weighted by atomic mass is 16.5. The van der Waals surface area contributed by atoms with Gasteiger partial charge in [-0.25, -0.2) is 0 Å². The number of hydrogen-bond acceptors (Lipinski definition) is 2. The maximum absolute atomic E-state index is 9.05. The quantitative estimate of drug-likeness (QED) is 0.317. The van der Waals surface area contributed by atoms with Gasteiger partial charge in [-0.05, 0) is 52.4 Å². The molecule has 0 aromatic heterocycles. The maximum Gasteiger partial charge on any atom is 0.118 e. The molecule has 0 heterocycles. The molecule has 0 aliphatic heterocycles. The number of hydrogen-bond donors (Lipinski definition) is 0. The molecule has 0 N–H and O–H groups in total. The monoisotopic (exact) mass is 315 g/mol. The van der Waals surface area contributed by atoms with Gasteiger partial charge in [0.05, 0.1) is 12.8 Å². The predicted molar refractivity (Wildman–Crippen MR) is 97.4 cm³/mol. The first-order valence-corrected chi connectivity index (χ1v) is 7.62. The van der Waals surface area contributed by atoms with Crippen molar-refractivity contribution in [1.29, 1.82) is 0 Å². The maximum atomic E-state index is 9.05. The predicted octanol–water partition coefficient (Wildman–Crippen LogP) is 6.28. The fraction of sp³-hybridized carbons (Fsp3) is 0.100. The van der Waals surface area contributed by atoms with Crippen LogP contribution in [0.1, 0.15) is 5.56 Å². The van der Waals surface area contributed by atoms with Crippen molar-refractivity contribution in [3.8, 4) is 28.0 Å². The van der Waals surface area contributed by atoms with Gasteiger partial charge in [-0.1, -0.05) is 59.7 Å². The normalized spacial score (nSPS) is 10.1. The van der Waals surface area contributed by atoms with E-state index in [-0.39, 0.29) is 0 Å². The first kappa shape index (κ1) is 15.7. The van der Waals surface area contributed by atoms with Gasteiger partial charge in [0.25, 0.3) is 0 Å². The fourth-order valence-electron chi connectivity index (χ4n) is 2.76. The van der Waals surface area contributed by atoms with Gasteiger partial charge < -0.3 is 4.74 Å². The molecular formula is C20H17N3O. The van der Waals surface area contributed by atoms with Crippen LogP contribution in [0, 0.1) is 6.92 Å². The molecule has 4 nitrogen and oxygen atoms in total. The van der Waals surface area contributed by atoms with Crippen LogP contribution in [0.25, 0.3) is 32.7 Å². The van der Waals surface area contributed by atoms with E-state index in [4.69, 9.17) is 10.3 Å². The highest BCUT2D eigenvalue weighted by Gasteiger charge is 2.12. The summed E-state index contributed by atoms with van der Waals surface area (Å²) in [5.74, 6) is 0.792. The molecule has 24 heavy (non-hydrogen) atoms. The average Bonchev–Trinajstić information content (AvgIpc) is 2.64. The molecule has 0 saturated heterocycles. The molecule has 0 fully saturated rings. The summed E-state index contributed by atoms with van der Waals surface area (Å²) in [6.45, 7) is 2.04. The average molecular weight is 315 g/mol. The Morgan fingerprint density at radius 2 is 1.46 bits per heavy atom. The second-order valence-corrected chi connectivity index (χ2v) is 5.49. The standard InChI is InChI=1S/C20H17N3O/c1-14-12-18(15-6-4-3-5-7-15)20(22-23-21)19(13-14)16-8-10-17(24-2)11-9-16/h3-13H,1-2H3. The Hall–Kier alpha value is -3.23. The lowest BCUT2D eigenvalue weighted by atomic mass is 9.94. The Morgan fingerprint density at radius 3 is 2.00 bits per heavy atom. The van der Waals surface area contributed by atoms with Crippen molar-refractivity contribution in [1.82, 2.24) is 0 Å². The third-order valence-corrected chi connectivity index (χ3v) is 3.88. The summed E-state index contributed by atoms with van der Waals surface area (Å²) in [5, 5.41) is 3.99. The Balaban J connectivity index is 2.25. The number of nitrogens with zero attached hydrogens (tertiary/aromatic N) is 3. The third-order valence-electron chi connectivity index (χ3n) is 3.88. The van der Waals surface area contributed by atoms with Crippen molar-refractivity contribution in [3.05, 3.63) is 82.7 Å². The van der Waals surface area contributed by atoms with Gasteiger partial charge in [0.1, 0.15) is 5.75 Å². The summed E-state index contributed by atoms with van der Waals surface area (Å²) in [5.41, 5.74) is 14.7. The number of rotatable bonds is 4. The Bertz CT molecular complexity index is 896. The number of azide groups is 1. The third kappa shape index (κ3) is 3.09. The van der Waals surface area contributed by atoms with Crippen molar-refractivity contribution in [3.63, 3.8) is 0 Å². The van der Waals surface area contributed by atoms with E-state index in [2.05, 4.69) is 10.0 Å². The molecule has 0 saturated carbocycles. The van der Waals surface area contributed by atoms with E-state index in [0.717, 1.165) is 33.6 Å². The van der Waals surface area contributed by atoms with Crippen LogP contribution in [0.2, 0.25) is 0 Å². The molecule has 3 aromatic rings. The minimum absolute atomic E-state index is 0.638. The number of methoxy groups -OCH3 is 1. The van der Waals surface area contributed by atoms with Crippen LogP contribution in [0.3, 0.4) is 0 Å². The Labute approximate surface area is 141 Å². The van der Waals surface area contributed by atoms with Crippen molar-refractivity contribution in [2.45, 2.75) is 6.92 Å². The zero-order valence-electron chi connectivity index (χ0n) is 13.6. The van der Waals surface area contributed by atoms with Crippen molar-refractivity contribution >= 4 is 5.69 Å². The van der Waals surface area contributed by atoms with Gasteiger partial charge in [-0.2, -0.15) is 0 Å². The zero-order chi connectivity index (χ0) is 16.9. The first-order valence-electron chi connectivity index (χ1n) is 7.62. The van der Waals surface area contributed by atoms with E-state index in [0.29, 0.717) is 5.69 Å². The van der Waals surface area contributed by atoms with Crippen molar-refractivity contribution in [2.75, 3.05) is 7.11 Å². The number of aryl methyl sites for hydroxylation is 1. The summed E-state index contributed by atoms with van der Waals surface area (Å²) < 4.78 is 5.22. The van der Waals surface area contributed by atoms with Crippen LogP contribution in [0.4, 0.5) is 5.69 Å². The lowest BCUT2D eigenvalue weighted by Crippen LogP contribution is -1.88. The second-order valence-electron chi connectivity index (χ2n) is 5.49. The van der Waals surface area contributed by atoms with E-state index < -0.39 is 0 Å². The number of ether oxygens (including phenoxy) is 1. The Kier molecular flexibility index (Phi) is 4.50. The molecule has 0 spiro atoms. The highest BCUT2D eigenvalue weighted by molar-refractivity contribution is 5.89. The minimum atomic E-state index is 0.638. The molecule has 4 heteroatoms. The zero-order valence-corrected chi connectivity index (χ0v) is 13.6. The summed E-state index contributed by atoms with van der Waals surface area (Å²) in [7, 11) is 1.64. The molecule has 3 aromatic carbocycles. The molecule has 0 unspecified atom stereocenters. The summed E-state index contributed by atoms with van der Waals surface area (Å²) in [4.78, 5) is 3.04. The van der Waals surface area contributed by atoms with Crippen molar-refractivity contribution < 1.29 is 4.74 Å². The van der Waals surface area contributed by atoms with E-state index in [1.165, 1.54) is 0 Å². The van der Waals surface area contributed by atoms with Gasteiger partial charge in [-0.15, -0.1) is 0 Å². The fourth-order valence-corrected chi connectivity index (χ4v) is 2.76. The van der Waals surface area contributed by atoms with Crippen LogP contribution < -0.4 is 4.74 Å². The smallest absolute Gasteiger partial charge is 0.118 e. The molecular weight excluding hydrogens is 298 g/mol. The Morgan fingerprint density at radius 1 is 0.875 bits per heavy atom. The van der Waals surface area contributed by atoms with Crippen LogP contribution >= 0.6 is 0 Å². The minimum Gasteiger partial charge on any atom is -0.497 e. The van der Waals surface area contributed by atoms with E-state index in [1.807, 2.05) is 73.7 Å². The molecule has 0 amide bonds. The SMILES string of the molecule is COc1ccc(-c2cc(C)cc(-c3ccccc3)c2N=[N+]=[N-])cc1.